The molecule has 2 aromatic carbocycles. The number of carbonyl (C=O) groups is 1. The third-order valence-electron chi connectivity index (χ3n) is 4.30. The zero-order valence-corrected chi connectivity index (χ0v) is 15.9. The van der Waals surface area contributed by atoms with Crippen LogP contribution in [0.3, 0.4) is 0 Å². The van der Waals surface area contributed by atoms with Gasteiger partial charge in [0.15, 0.2) is 6.61 Å². The Morgan fingerprint density at radius 2 is 1.96 bits per heavy atom. The smallest absolute Gasteiger partial charge is 0.262 e. The number of amides is 1. The number of hydrogen-bond acceptors (Lipinski definition) is 4. The fourth-order valence-electron chi connectivity index (χ4n) is 2.91. The number of ether oxygens (including phenoxy) is 1. The molecule has 0 fully saturated rings. The van der Waals surface area contributed by atoms with Crippen LogP contribution in [0.4, 0.5) is 5.69 Å². The zero-order valence-electron chi connectivity index (χ0n) is 15.1. The summed E-state index contributed by atoms with van der Waals surface area (Å²) in [5.41, 5.74) is 4.40. The lowest BCUT2D eigenvalue weighted by molar-refractivity contribution is -0.118. The van der Waals surface area contributed by atoms with E-state index in [-0.39, 0.29) is 12.5 Å². The van der Waals surface area contributed by atoms with Gasteiger partial charge in [0, 0.05) is 21.7 Å². The van der Waals surface area contributed by atoms with Crippen molar-refractivity contribution in [3.8, 4) is 17.0 Å². The average Bonchev–Trinajstić information content (AvgIpc) is 3.23. The van der Waals surface area contributed by atoms with E-state index < -0.39 is 0 Å². The first-order valence-corrected chi connectivity index (χ1v) is 9.08. The number of anilines is 1. The van der Waals surface area contributed by atoms with Crippen LogP contribution in [0.15, 0.2) is 71.5 Å². The Morgan fingerprint density at radius 1 is 1.14 bits per heavy atom. The van der Waals surface area contributed by atoms with Crippen molar-refractivity contribution >= 4 is 34.1 Å². The van der Waals surface area contributed by atoms with Crippen LogP contribution in [-0.4, -0.2) is 17.5 Å². The van der Waals surface area contributed by atoms with Gasteiger partial charge in [-0.15, -0.1) is 0 Å². The summed E-state index contributed by atoms with van der Waals surface area (Å²) < 4.78 is 10.6. The van der Waals surface area contributed by atoms with Crippen LogP contribution >= 0.6 is 11.6 Å². The highest BCUT2D eigenvalue weighted by Crippen LogP contribution is 2.26. The minimum absolute atomic E-state index is 0.0870. The molecule has 0 radical (unpaired) electrons. The Kier molecular flexibility index (Phi) is 5.00. The molecule has 0 saturated heterocycles. The monoisotopic (exact) mass is 392 g/mol. The highest BCUT2D eigenvalue weighted by atomic mass is 35.5. The molecule has 6 heteroatoms. The van der Waals surface area contributed by atoms with E-state index in [0.29, 0.717) is 16.5 Å². The summed E-state index contributed by atoms with van der Waals surface area (Å²) >= 11 is 5.84. The second kappa shape index (κ2) is 7.74. The predicted octanol–water partition coefficient (Wildman–Crippen LogP) is 5.47. The summed E-state index contributed by atoms with van der Waals surface area (Å²) in [5.74, 6) is 0.347. The first kappa shape index (κ1) is 18.1. The number of rotatable bonds is 5. The lowest BCUT2D eigenvalue weighted by Crippen LogP contribution is -2.20. The van der Waals surface area contributed by atoms with Gasteiger partial charge in [0.2, 0.25) is 0 Å². The van der Waals surface area contributed by atoms with Gasteiger partial charge in [-0.2, -0.15) is 0 Å². The molecular formula is C22H17ClN2O3. The third-order valence-corrected chi connectivity index (χ3v) is 4.55. The number of hydrogen-bond donors (Lipinski definition) is 1. The molecule has 0 bridgehead atoms. The molecule has 0 spiro atoms. The molecule has 0 atom stereocenters. The Morgan fingerprint density at radius 3 is 2.71 bits per heavy atom. The number of carbonyl (C=O) groups excluding carboxylic acids is 1. The fourth-order valence-corrected chi connectivity index (χ4v) is 3.03. The molecule has 4 rings (SSSR count). The third kappa shape index (κ3) is 4.00. The Bertz CT molecular complexity index is 1120. The zero-order chi connectivity index (χ0) is 19.5. The van der Waals surface area contributed by atoms with Crippen LogP contribution in [-0.2, 0) is 4.79 Å². The van der Waals surface area contributed by atoms with Crippen molar-refractivity contribution in [3.05, 3.63) is 77.7 Å². The molecular weight excluding hydrogens is 376 g/mol. The standard InChI is InChI=1S/C22H17ClN2O3/c1-14-10-21(15-8-9-27-12-15)25-20-7-4-17(11-19(14)20)24-22(26)13-28-18-5-2-16(23)3-6-18/h2-12H,13H2,1H3,(H,24,26). The molecule has 28 heavy (non-hydrogen) atoms. The quantitative estimate of drug-likeness (QED) is 0.488. The number of fused-ring (bicyclic) bond motifs is 1. The van der Waals surface area contributed by atoms with Gasteiger partial charge in [-0.25, -0.2) is 4.98 Å². The molecule has 0 aliphatic rings. The normalized spacial score (nSPS) is 10.8. The van der Waals surface area contributed by atoms with Crippen molar-refractivity contribution in [2.75, 3.05) is 11.9 Å². The van der Waals surface area contributed by atoms with Gasteiger partial charge < -0.3 is 14.5 Å². The van der Waals surface area contributed by atoms with E-state index >= 15 is 0 Å². The molecule has 140 valence electrons. The topological polar surface area (TPSA) is 64.4 Å². The van der Waals surface area contributed by atoms with Crippen molar-refractivity contribution in [2.45, 2.75) is 6.92 Å². The number of aryl methyl sites for hydroxylation is 1. The van der Waals surface area contributed by atoms with Gasteiger partial charge in [-0.1, -0.05) is 11.6 Å². The van der Waals surface area contributed by atoms with Crippen molar-refractivity contribution in [1.82, 2.24) is 4.98 Å². The number of benzene rings is 2. The largest absolute Gasteiger partial charge is 0.484 e. The van der Waals surface area contributed by atoms with Crippen LogP contribution in [0.1, 0.15) is 5.56 Å². The first-order chi connectivity index (χ1) is 13.6. The van der Waals surface area contributed by atoms with Crippen molar-refractivity contribution in [2.24, 2.45) is 0 Å². The van der Waals surface area contributed by atoms with Crippen LogP contribution < -0.4 is 10.1 Å². The number of nitrogens with zero attached hydrogens (tertiary/aromatic N) is 1. The molecule has 0 aliphatic heterocycles. The Labute approximate surface area is 166 Å². The summed E-state index contributed by atoms with van der Waals surface area (Å²) in [6.45, 7) is 1.93. The van der Waals surface area contributed by atoms with Crippen LogP contribution in [0, 0.1) is 6.92 Å². The van der Waals surface area contributed by atoms with E-state index in [1.165, 1.54) is 0 Å². The maximum Gasteiger partial charge on any atom is 0.262 e. The maximum absolute atomic E-state index is 12.2. The molecule has 5 nitrogen and oxygen atoms in total. The van der Waals surface area contributed by atoms with Gasteiger partial charge in [-0.05, 0) is 67.1 Å². The van der Waals surface area contributed by atoms with E-state index in [4.69, 9.17) is 20.8 Å². The van der Waals surface area contributed by atoms with E-state index in [2.05, 4.69) is 10.3 Å². The summed E-state index contributed by atoms with van der Waals surface area (Å²) in [5, 5.41) is 4.45. The van der Waals surface area contributed by atoms with E-state index in [1.807, 2.05) is 37.3 Å². The van der Waals surface area contributed by atoms with Crippen LogP contribution in [0.25, 0.3) is 22.2 Å². The Balaban J connectivity index is 1.48. The number of pyridine rings is 1. The molecule has 0 saturated carbocycles. The molecule has 1 N–H and O–H groups in total. The second-order valence-corrected chi connectivity index (χ2v) is 6.80. The average molecular weight is 393 g/mol. The molecule has 0 aliphatic carbocycles. The maximum atomic E-state index is 12.2. The summed E-state index contributed by atoms with van der Waals surface area (Å²) in [7, 11) is 0. The molecule has 2 aromatic heterocycles. The van der Waals surface area contributed by atoms with Gasteiger partial charge in [0.25, 0.3) is 5.91 Å². The highest BCUT2D eigenvalue weighted by molar-refractivity contribution is 6.30. The highest BCUT2D eigenvalue weighted by Gasteiger charge is 2.09. The fraction of sp³-hybridized carbons (Fsp3) is 0.0909. The first-order valence-electron chi connectivity index (χ1n) is 8.71. The molecule has 2 heterocycles. The van der Waals surface area contributed by atoms with Gasteiger partial charge in [0.05, 0.1) is 23.7 Å². The van der Waals surface area contributed by atoms with E-state index in [1.54, 1.807) is 36.8 Å². The molecule has 1 amide bonds. The number of furan rings is 1. The molecule has 0 unspecified atom stereocenters. The minimum atomic E-state index is -0.241. The summed E-state index contributed by atoms with van der Waals surface area (Å²) in [6.07, 6.45) is 3.30. The van der Waals surface area contributed by atoms with Crippen molar-refractivity contribution in [1.29, 1.82) is 0 Å². The predicted molar refractivity (Wildman–Crippen MR) is 110 cm³/mol. The van der Waals surface area contributed by atoms with Gasteiger partial charge in [-0.3, -0.25) is 4.79 Å². The summed E-state index contributed by atoms with van der Waals surface area (Å²) in [6, 6.07) is 16.4. The Hall–Kier alpha value is -3.31. The SMILES string of the molecule is Cc1cc(-c2ccoc2)nc2ccc(NC(=O)COc3ccc(Cl)cc3)cc12. The summed E-state index contributed by atoms with van der Waals surface area (Å²) in [4.78, 5) is 16.9. The van der Waals surface area contributed by atoms with Crippen LogP contribution in [0.5, 0.6) is 5.75 Å². The minimum Gasteiger partial charge on any atom is -0.484 e. The van der Waals surface area contributed by atoms with Crippen LogP contribution in [0.2, 0.25) is 5.02 Å². The van der Waals surface area contributed by atoms with Crippen molar-refractivity contribution in [3.63, 3.8) is 0 Å². The number of aromatic nitrogens is 1. The van der Waals surface area contributed by atoms with E-state index in [0.717, 1.165) is 27.7 Å². The van der Waals surface area contributed by atoms with E-state index in [9.17, 15) is 4.79 Å². The molecule has 4 aromatic rings. The van der Waals surface area contributed by atoms with Gasteiger partial charge >= 0.3 is 0 Å². The lowest BCUT2D eigenvalue weighted by Gasteiger charge is -2.10. The second-order valence-electron chi connectivity index (χ2n) is 6.36. The lowest BCUT2D eigenvalue weighted by atomic mass is 10.1. The van der Waals surface area contributed by atoms with Gasteiger partial charge in [0.1, 0.15) is 5.75 Å². The van der Waals surface area contributed by atoms with Crippen molar-refractivity contribution < 1.29 is 13.9 Å². The number of halogens is 1. The number of nitrogens with one attached hydrogen (secondary N) is 1.